The van der Waals surface area contributed by atoms with Gasteiger partial charge in [0.1, 0.15) is 0 Å². The highest BCUT2D eigenvalue weighted by Gasteiger charge is 2.02. The van der Waals surface area contributed by atoms with Crippen molar-refractivity contribution in [1.29, 1.82) is 0 Å². The number of H-pyrrole nitrogens is 1. The molecule has 2 N–H and O–H groups in total. The molecule has 0 saturated carbocycles. The molecular weight excluding hydrogens is 238 g/mol. The van der Waals surface area contributed by atoms with Gasteiger partial charge in [0.25, 0.3) is 0 Å². The smallest absolute Gasteiger partial charge is 0.0705 e. The Morgan fingerprint density at radius 1 is 0.947 bits per heavy atom. The minimum absolute atomic E-state index is 0.0295. The third-order valence-electron chi connectivity index (χ3n) is 3.00. The maximum Gasteiger partial charge on any atom is 0.0705 e. The van der Waals surface area contributed by atoms with Gasteiger partial charge in [-0.1, -0.05) is 24.3 Å². The Hall–Kier alpha value is -2.46. The van der Waals surface area contributed by atoms with Crippen molar-refractivity contribution >= 4 is 0 Å². The molecule has 0 amide bonds. The number of aliphatic hydroxyl groups is 1. The molecule has 0 saturated heterocycles. The minimum atomic E-state index is 0.0295. The molecule has 0 atom stereocenters. The highest BCUT2D eigenvalue weighted by atomic mass is 16.3. The summed E-state index contributed by atoms with van der Waals surface area (Å²) in [5.74, 6) is 0. The van der Waals surface area contributed by atoms with Crippen LogP contribution < -0.4 is 0 Å². The molecule has 0 unspecified atom stereocenters. The van der Waals surface area contributed by atoms with Crippen molar-refractivity contribution in [2.45, 2.75) is 6.61 Å². The summed E-state index contributed by atoms with van der Waals surface area (Å²) < 4.78 is 0. The molecule has 3 rings (SSSR count). The number of hydrogen-bond acceptors (Lipinski definition) is 3. The molecule has 2 aromatic heterocycles. The first-order valence-corrected chi connectivity index (χ1v) is 6.03. The Morgan fingerprint density at radius 3 is 2.42 bits per heavy atom. The van der Waals surface area contributed by atoms with Crippen LogP contribution in [0.2, 0.25) is 0 Å². The molecular formula is C15H13N3O. The third kappa shape index (κ3) is 2.39. The zero-order valence-corrected chi connectivity index (χ0v) is 10.2. The van der Waals surface area contributed by atoms with E-state index in [1.54, 1.807) is 12.4 Å². The summed E-state index contributed by atoms with van der Waals surface area (Å²) >= 11 is 0. The predicted octanol–water partition coefficient (Wildman–Crippen LogP) is 2.63. The van der Waals surface area contributed by atoms with E-state index < -0.39 is 0 Å². The summed E-state index contributed by atoms with van der Waals surface area (Å²) in [6.07, 6.45) is 3.44. The van der Waals surface area contributed by atoms with E-state index in [0.29, 0.717) is 0 Å². The first kappa shape index (κ1) is 11.6. The fourth-order valence-corrected chi connectivity index (χ4v) is 1.97. The van der Waals surface area contributed by atoms with Crippen molar-refractivity contribution in [3.05, 3.63) is 60.4 Å². The second-order valence-electron chi connectivity index (χ2n) is 4.26. The number of aromatic amines is 1. The first-order chi connectivity index (χ1) is 9.36. The number of aromatic nitrogens is 3. The van der Waals surface area contributed by atoms with Gasteiger partial charge in [-0.3, -0.25) is 10.1 Å². The maximum atomic E-state index is 9.14. The van der Waals surface area contributed by atoms with Crippen molar-refractivity contribution in [1.82, 2.24) is 15.2 Å². The van der Waals surface area contributed by atoms with Crippen molar-refractivity contribution in [3.8, 4) is 22.5 Å². The second-order valence-corrected chi connectivity index (χ2v) is 4.26. The number of pyridine rings is 1. The Balaban J connectivity index is 1.94. The lowest BCUT2D eigenvalue weighted by Gasteiger charge is -2.04. The maximum absolute atomic E-state index is 9.14. The van der Waals surface area contributed by atoms with E-state index in [1.165, 1.54) is 0 Å². The lowest BCUT2D eigenvalue weighted by Crippen LogP contribution is -1.88. The zero-order valence-electron chi connectivity index (χ0n) is 10.2. The van der Waals surface area contributed by atoms with E-state index in [0.717, 1.165) is 28.1 Å². The van der Waals surface area contributed by atoms with Crippen LogP contribution in [0.4, 0.5) is 0 Å². The molecule has 0 aliphatic carbocycles. The molecule has 3 aromatic rings. The topological polar surface area (TPSA) is 61.8 Å². The number of benzene rings is 1. The quantitative estimate of drug-likeness (QED) is 0.752. The van der Waals surface area contributed by atoms with E-state index in [9.17, 15) is 0 Å². The van der Waals surface area contributed by atoms with E-state index in [2.05, 4.69) is 15.2 Å². The van der Waals surface area contributed by atoms with Crippen LogP contribution in [0.1, 0.15) is 5.56 Å². The minimum Gasteiger partial charge on any atom is -0.392 e. The molecule has 1 aromatic carbocycles. The molecule has 19 heavy (non-hydrogen) atoms. The van der Waals surface area contributed by atoms with Gasteiger partial charge < -0.3 is 5.11 Å². The predicted molar refractivity (Wildman–Crippen MR) is 73.2 cm³/mol. The zero-order chi connectivity index (χ0) is 13.1. The van der Waals surface area contributed by atoms with Gasteiger partial charge in [0, 0.05) is 18.0 Å². The van der Waals surface area contributed by atoms with E-state index >= 15 is 0 Å². The molecule has 0 radical (unpaired) electrons. The Morgan fingerprint density at radius 2 is 1.74 bits per heavy atom. The van der Waals surface area contributed by atoms with Crippen molar-refractivity contribution < 1.29 is 5.11 Å². The van der Waals surface area contributed by atoms with Crippen LogP contribution >= 0.6 is 0 Å². The average molecular weight is 251 g/mol. The van der Waals surface area contributed by atoms with E-state index in [1.807, 2.05) is 42.5 Å². The van der Waals surface area contributed by atoms with Gasteiger partial charge in [-0.25, -0.2) is 0 Å². The molecule has 94 valence electrons. The van der Waals surface area contributed by atoms with Crippen LogP contribution in [0.25, 0.3) is 22.5 Å². The van der Waals surface area contributed by atoms with Gasteiger partial charge in [-0.15, -0.1) is 0 Å². The normalized spacial score (nSPS) is 10.6. The van der Waals surface area contributed by atoms with E-state index in [4.69, 9.17) is 5.11 Å². The number of nitrogens with one attached hydrogen (secondary N) is 1. The number of nitrogens with zero attached hydrogens (tertiary/aromatic N) is 2. The van der Waals surface area contributed by atoms with Gasteiger partial charge >= 0.3 is 0 Å². The summed E-state index contributed by atoms with van der Waals surface area (Å²) in [6, 6.07) is 13.7. The lowest BCUT2D eigenvalue weighted by atomic mass is 10.1. The molecule has 2 heterocycles. The van der Waals surface area contributed by atoms with Crippen LogP contribution in [-0.4, -0.2) is 20.3 Å². The van der Waals surface area contributed by atoms with Gasteiger partial charge in [0.05, 0.1) is 18.0 Å². The summed E-state index contributed by atoms with van der Waals surface area (Å²) in [4.78, 5) is 4.32. The Labute approximate surface area is 110 Å². The van der Waals surface area contributed by atoms with Crippen LogP contribution in [0.3, 0.4) is 0 Å². The molecule has 4 nitrogen and oxygen atoms in total. The summed E-state index contributed by atoms with van der Waals surface area (Å²) in [6.45, 7) is 0.0295. The fourth-order valence-electron chi connectivity index (χ4n) is 1.97. The number of aliphatic hydroxyl groups excluding tert-OH is 1. The van der Waals surface area contributed by atoms with Gasteiger partial charge in [-0.05, 0) is 29.3 Å². The highest BCUT2D eigenvalue weighted by molar-refractivity contribution is 5.66. The molecule has 0 aliphatic rings. The standard InChI is InChI=1S/C15H13N3O/c19-10-11-5-7-16-15(9-11)13-3-1-12(2-4-13)14-6-8-17-18-14/h1-9,19H,10H2,(H,17,18). The van der Waals surface area contributed by atoms with Crippen LogP contribution in [0, 0.1) is 0 Å². The van der Waals surface area contributed by atoms with Crippen molar-refractivity contribution in [2.75, 3.05) is 0 Å². The molecule has 0 fully saturated rings. The van der Waals surface area contributed by atoms with Crippen LogP contribution in [0.5, 0.6) is 0 Å². The van der Waals surface area contributed by atoms with E-state index in [-0.39, 0.29) is 6.61 Å². The summed E-state index contributed by atoms with van der Waals surface area (Å²) in [7, 11) is 0. The largest absolute Gasteiger partial charge is 0.392 e. The third-order valence-corrected chi connectivity index (χ3v) is 3.00. The summed E-state index contributed by atoms with van der Waals surface area (Å²) in [5, 5.41) is 16.0. The lowest BCUT2D eigenvalue weighted by molar-refractivity contribution is 0.282. The van der Waals surface area contributed by atoms with Crippen LogP contribution in [0.15, 0.2) is 54.9 Å². The second kappa shape index (κ2) is 5.04. The monoisotopic (exact) mass is 251 g/mol. The molecule has 4 heteroatoms. The highest BCUT2D eigenvalue weighted by Crippen LogP contribution is 2.22. The van der Waals surface area contributed by atoms with Crippen molar-refractivity contribution in [2.24, 2.45) is 0 Å². The van der Waals surface area contributed by atoms with Gasteiger partial charge in [-0.2, -0.15) is 5.10 Å². The molecule has 0 bridgehead atoms. The average Bonchev–Trinajstić information content (AvgIpc) is 3.02. The van der Waals surface area contributed by atoms with Gasteiger partial charge in [0.2, 0.25) is 0 Å². The molecule has 0 spiro atoms. The van der Waals surface area contributed by atoms with Crippen LogP contribution in [-0.2, 0) is 6.61 Å². The fraction of sp³-hybridized carbons (Fsp3) is 0.0667. The first-order valence-electron chi connectivity index (χ1n) is 6.03. The van der Waals surface area contributed by atoms with Gasteiger partial charge in [0.15, 0.2) is 0 Å². The Bertz CT molecular complexity index is 660. The Kier molecular flexibility index (Phi) is 3.08. The number of hydrogen-bond donors (Lipinski definition) is 2. The van der Waals surface area contributed by atoms with Crippen molar-refractivity contribution in [3.63, 3.8) is 0 Å². The molecule has 0 aliphatic heterocycles. The number of rotatable bonds is 3. The SMILES string of the molecule is OCc1ccnc(-c2ccc(-c3ccn[nH]3)cc2)c1. The summed E-state index contributed by atoms with van der Waals surface area (Å²) in [5.41, 5.74) is 4.83.